The zero-order chi connectivity index (χ0) is 30.9. The van der Waals surface area contributed by atoms with Gasteiger partial charge in [-0.2, -0.15) is 0 Å². The van der Waals surface area contributed by atoms with E-state index >= 15 is 0 Å². The van der Waals surface area contributed by atoms with Crippen LogP contribution in [0.15, 0.2) is 36.4 Å². The van der Waals surface area contributed by atoms with Crippen LogP contribution in [0.2, 0.25) is 5.02 Å². The van der Waals surface area contributed by atoms with Gasteiger partial charge in [-0.25, -0.2) is 4.79 Å². The minimum Gasteiger partial charge on any atom is -0.507 e. The number of aromatic hydroxyl groups is 1. The number of hydrogen-bond donors (Lipinski definition) is 3. The lowest BCUT2D eigenvalue weighted by atomic mass is 9.96. The number of nitrogens with zero attached hydrogens (tertiary/aromatic N) is 1. The fraction of sp³-hybridized carbons (Fsp3) is 0.531. The zero-order valence-corrected chi connectivity index (χ0v) is 26.4. The first kappa shape index (κ1) is 33.9. The van der Waals surface area contributed by atoms with Crippen molar-refractivity contribution in [2.45, 2.75) is 98.8 Å². The number of halogens is 1. The van der Waals surface area contributed by atoms with Crippen LogP contribution in [0.3, 0.4) is 0 Å². The van der Waals surface area contributed by atoms with Crippen molar-refractivity contribution in [1.82, 2.24) is 10.2 Å². The molecule has 0 radical (unpaired) electrons. The zero-order valence-electron chi connectivity index (χ0n) is 25.6. The smallest absolute Gasteiger partial charge is 0.408 e. The van der Waals surface area contributed by atoms with E-state index in [0.717, 1.165) is 24.8 Å². The third kappa shape index (κ3) is 9.66. The Balaban J connectivity index is 2.63. The average Bonchev–Trinajstić information content (AvgIpc) is 2.87. The van der Waals surface area contributed by atoms with Gasteiger partial charge in [-0.15, -0.1) is 0 Å². The number of hydrogen-bond acceptors (Lipinski definition) is 5. The van der Waals surface area contributed by atoms with Gasteiger partial charge in [-0.3, -0.25) is 9.59 Å². The van der Waals surface area contributed by atoms with Crippen molar-refractivity contribution in [3.8, 4) is 5.75 Å². The van der Waals surface area contributed by atoms with E-state index < -0.39 is 35.6 Å². The average molecular weight is 588 g/mol. The number of rotatable bonds is 12. The normalized spacial score (nSPS) is 12.9. The van der Waals surface area contributed by atoms with Crippen molar-refractivity contribution in [1.29, 1.82) is 0 Å². The maximum absolute atomic E-state index is 14.3. The second-order valence-electron chi connectivity index (χ2n) is 11.8. The summed E-state index contributed by atoms with van der Waals surface area (Å²) in [5.41, 5.74) is 1.29. The van der Waals surface area contributed by atoms with Crippen LogP contribution in [0.1, 0.15) is 90.0 Å². The largest absolute Gasteiger partial charge is 0.507 e. The summed E-state index contributed by atoms with van der Waals surface area (Å²) < 4.78 is 5.44. The van der Waals surface area contributed by atoms with Gasteiger partial charge in [0.05, 0.1) is 10.7 Å². The molecule has 2 atom stereocenters. The molecule has 3 N–H and O–H groups in total. The fourth-order valence-electron chi connectivity index (χ4n) is 4.54. The van der Waals surface area contributed by atoms with Gasteiger partial charge in [0, 0.05) is 12.1 Å². The molecule has 0 aliphatic carbocycles. The number of carbonyl (C=O) groups is 3. The molecule has 0 aliphatic heterocycles. The summed E-state index contributed by atoms with van der Waals surface area (Å²) in [6.45, 7) is 14.8. The SMILES string of the molecule is CCCCCCN(C(=O)C(NC(=O)OC(C)(C)C)C(C)C)C(C(=O)Nc1c(C)cccc1Cl)c1cccc(C)c1O. The van der Waals surface area contributed by atoms with Crippen LogP contribution in [0.25, 0.3) is 0 Å². The monoisotopic (exact) mass is 587 g/mol. The number of alkyl carbamates (subject to hydrolysis) is 1. The van der Waals surface area contributed by atoms with Crippen LogP contribution in [-0.4, -0.2) is 46.1 Å². The molecule has 2 aromatic carbocycles. The molecule has 226 valence electrons. The second-order valence-corrected chi connectivity index (χ2v) is 12.2. The molecule has 0 aliphatic rings. The highest BCUT2D eigenvalue weighted by atomic mass is 35.5. The molecule has 0 fully saturated rings. The number of nitrogens with one attached hydrogen (secondary N) is 2. The molecule has 2 rings (SSSR count). The Labute approximate surface area is 249 Å². The minimum atomic E-state index is -1.19. The van der Waals surface area contributed by atoms with Crippen molar-refractivity contribution < 1.29 is 24.2 Å². The highest BCUT2D eigenvalue weighted by molar-refractivity contribution is 6.34. The van der Waals surface area contributed by atoms with Crippen molar-refractivity contribution >= 4 is 35.2 Å². The van der Waals surface area contributed by atoms with E-state index in [9.17, 15) is 19.5 Å². The summed E-state index contributed by atoms with van der Waals surface area (Å²) in [6.07, 6.45) is 2.73. The van der Waals surface area contributed by atoms with Crippen molar-refractivity contribution in [3.63, 3.8) is 0 Å². The summed E-state index contributed by atoms with van der Waals surface area (Å²) in [7, 11) is 0. The van der Waals surface area contributed by atoms with Crippen LogP contribution in [0.4, 0.5) is 10.5 Å². The molecule has 0 spiro atoms. The highest BCUT2D eigenvalue weighted by Gasteiger charge is 2.38. The first-order valence-electron chi connectivity index (χ1n) is 14.3. The van der Waals surface area contributed by atoms with E-state index in [1.807, 2.05) is 26.8 Å². The third-order valence-electron chi connectivity index (χ3n) is 6.73. The Kier molecular flexibility index (Phi) is 12.5. The first-order valence-corrected chi connectivity index (χ1v) is 14.7. The van der Waals surface area contributed by atoms with Gasteiger partial charge < -0.3 is 25.4 Å². The molecule has 0 bridgehead atoms. The second kappa shape index (κ2) is 15.1. The van der Waals surface area contributed by atoms with E-state index in [2.05, 4.69) is 17.6 Å². The molecular weight excluding hydrogens is 542 g/mol. The van der Waals surface area contributed by atoms with Gasteiger partial charge in [0.2, 0.25) is 5.91 Å². The van der Waals surface area contributed by atoms with Gasteiger partial charge in [0.25, 0.3) is 5.91 Å². The lowest BCUT2D eigenvalue weighted by Crippen LogP contribution is -2.54. The third-order valence-corrected chi connectivity index (χ3v) is 7.05. The highest BCUT2D eigenvalue weighted by Crippen LogP contribution is 2.35. The van der Waals surface area contributed by atoms with Crippen LogP contribution in [0, 0.1) is 19.8 Å². The number of amides is 3. The van der Waals surface area contributed by atoms with Gasteiger partial charge in [-0.1, -0.05) is 82.0 Å². The van der Waals surface area contributed by atoms with Gasteiger partial charge in [-0.05, 0) is 64.2 Å². The summed E-state index contributed by atoms with van der Waals surface area (Å²) in [4.78, 5) is 42.7. The minimum absolute atomic E-state index is 0.0731. The Hall–Kier alpha value is -3.26. The van der Waals surface area contributed by atoms with Gasteiger partial charge in [0.15, 0.2) is 0 Å². The van der Waals surface area contributed by atoms with Crippen LogP contribution in [-0.2, 0) is 14.3 Å². The molecule has 0 saturated heterocycles. The number of unbranched alkanes of at least 4 members (excludes halogenated alkanes) is 3. The number of ether oxygens (including phenoxy) is 1. The Bertz CT molecular complexity index is 1190. The number of phenols is 1. The summed E-state index contributed by atoms with van der Waals surface area (Å²) >= 11 is 6.44. The van der Waals surface area contributed by atoms with E-state index in [0.29, 0.717) is 22.7 Å². The van der Waals surface area contributed by atoms with Gasteiger partial charge in [0.1, 0.15) is 23.4 Å². The maximum atomic E-state index is 14.3. The molecule has 41 heavy (non-hydrogen) atoms. The molecule has 8 nitrogen and oxygen atoms in total. The number of aryl methyl sites for hydroxylation is 2. The van der Waals surface area contributed by atoms with Gasteiger partial charge >= 0.3 is 6.09 Å². The standard InChI is InChI=1S/C32H46ClN3O5/c1-9-10-11-12-19-36(30(39)25(20(2)3)35-31(40)41-32(6,7)8)27(23-17-13-16-22(5)28(23)37)29(38)34-26-21(4)15-14-18-24(26)33/h13-18,20,25,27,37H,9-12,19H2,1-8H3,(H,34,38)(H,35,40). The number of carbonyl (C=O) groups excluding carboxylic acids is 3. The molecule has 3 amide bonds. The van der Waals surface area contributed by atoms with Crippen LogP contribution in [0.5, 0.6) is 5.75 Å². The summed E-state index contributed by atoms with van der Waals surface area (Å²) in [6, 6.07) is 8.25. The predicted octanol–water partition coefficient (Wildman–Crippen LogP) is 7.30. The van der Waals surface area contributed by atoms with Crippen molar-refractivity contribution in [2.24, 2.45) is 5.92 Å². The first-order chi connectivity index (χ1) is 19.2. The molecule has 2 unspecified atom stereocenters. The molecule has 0 saturated carbocycles. The Morgan fingerprint density at radius 1 is 1.00 bits per heavy atom. The summed E-state index contributed by atoms with van der Waals surface area (Å²) in [5, 5.41) is 17.1. The topological polar surface area (TPSA) is 108 Å². The molecular formula is C32H46ClN3O5. The van der Waals surface area contributed by atoms with Crippen molar-refractivity contribution in [3.05, 3.63) is 58.1 Å². The number of para-hydroxylation sites is 2. The Morgan fingerprint density at radius 2 is 1.63 bits per heavy atom. The number of phenolic OH excluding ortho intramolecular Hbond substituents is 1. The maximum Gasteiger partial charge on any atom is 0.408 e. The van der Waals surface area contributed by atoms with E-state index in [1.54, 1.807) is 58.0 Å². The molecule has 0 heterocycles. The van der Waals surface area contributed by atoms with Crippen LogP contribution < -0.4 is 10.6 Å². The quantitative estimate of drug-likeness (QED) is 0.226. The van der Waals surface area contributed by atoms with Crippen molar-refractivity contribution in [2.75, 3.05) is 11.9 Å². The molecule has 2 aromatic rings. The fourth-order valence-corrected chi connectivity index (χ4v) is 4.81. The molecule has 9 heteroatoms. The lowest BCUT2D eigenvalue weighted by molar-refractivity contribution is -0.141. The lowest BCUT2D eigenvalue weighted by Gasteiger charge is -2.36. The van der Waals surface area contributed by atoms with E-state index in [-0.39, 0.29) is 23.8 Å². The Morgan fingerprint density at radius 3 is 2.22 bits per heavy atom. The van der Waals surface area contributed by atoms with E-state index in [1.165, 1.54) is 4.90 Å². The van der Waals surface area contributed by atoms with Crippen LogP contribution >= 0.6 is 11.6 Å². The summed E-state index contributed by atoms with van der Waals surface area (Å²) in [5.74, 6) is -1.35. The molecule has 0 aromatic heterocycles. The van der Waals surface area contributed by atoms with E-state index in [4.69, 9.17) is 16.3 Å². The predicted molar refractivity (Wildman–Crippen MR) is 164 cm³/mol. The number of anilines is 1. The number of benzene rings is 2.